The van der Waals surface area contributed by atoms with Crippen LogP contribution >= 0.6 is 11.6 Å². The molecule has 1 aromatic heterocycles. The maximum Gasteiger partial charge on any atom is 0.317 e. The second-order valence-corrected chi connectivity index (χ2v) is 4.12. The Bertz CT molecular complexity index is 701. The Morgan fingerprint density at radius 1 is 1.58 bits per heavy atom. The van der Waals surface area contributed by atoms with Gasteiger partial charge in [-0.15, -0.1) is 0 Å². The quantitative estimate of drug-likeness (QED) is 0.642. The Balaban J connectivity index is 2.45. The second kappa shape index (κ2) is 5.59. The Morgan fingerprint density at radius 3 is 3.11 bits per heavy atom. The van der Waals surface area contributed by atoms with Gasteiger partial charge in [-0.1, -0.05) is 23.4 Å². The van der Waals surface area contributed by atoms with Gasteiger partial charge in [0.15, 0.2) is 5.75 Å². The lowest BCUT2D eigenvalue weighted by molar-refractivity contribution is -0.139. The number of carbonyl (C=O) groups excluding carboxylic acids is 1. The maximum atomic E-state index is 10.9. The largest absolute Gasteiger partial charge is 0.504 e. The van der Waals surface area contributed by atoms with E-state index in [1.807, 2.05) is 0 Å². The molecule has 0 aliphatic heterocycles. The zero-order chi connectivity index (χ0) is 13.8. The van der Waals surface area contributed by atoms with Gasteiger partial charge in [-0.05, 0) is 18.2 Å². The number of methoxy groups -OCH3 is 1. The normalized spacial score (nSPS) is 9.79. The van der Waals surface area contributed by atoms with Crippen LogP contribution in [0, 0.1) is 11.8 Å². The Kier molecular flexibility index (Phi) is 3.88. The number of halogens is 1. The lowest BCUT2D eigenvalue weighted by Crippen LogP contribution is -1.97. The van der Waals surface area contributed by atoms with E-state index in [2.05, 4.69) is 21.6 Å². The van der Waals surface area contributed by atoms with Gasteiger partial charge in [-0.25, -0.2) is 0 Å². The van der Waals surface area contributed by atoms with Crippen molar-refractivity contribution < 1.29 is 14.6 Å². The molecule has 0 aliphatic rings. The minimum atomic E-state index is -0.433. The third-order valence-electron chi connectivity index (χ3n) is 2.50. The number of hydrogen-bond donors (Lipinski definition) is 1. The number of aromatic hydroxyl groups is 1. The van der Waals surface area contributed by atoms with Crippen LogP contribution in [0.4, 0.5) is 0 Å². The number of phenolic OH excluding ortho intramolecular Hbond substituents is 1. The summed E-state index contributed by atoms with van der Waals surface area (Å²) in [5.74, 6) is 4.82. The fourth-order valence-electron chi connectivity index (χ4n) is 1.57. The molecule has 2 rings (SSSR count). The lowest BCUT2D eigenvalue weighted by Gasteiger charge is -2.04. The Morgan fingerprint density at radius 2 is 2.37 bits per heavy atom. The average molecular weight is 276 g/mol. The third-order valence-corrected chi connectivity index (χ3v) is 2.81. The second-order valence-electron chi connectivity index (χ2n) is 3.71. The van der Waals surface area contributed by atoms with Crippen molar-refractivity contribution in [3.63, 3.8) is 0 Å². The number of esters is 1. The van der Waals surface area contributed by atoms with Crippen LogP contribution in [-0.2, 0) is 9.53 Å². The summed E-state index contributed by atoms with van der Waals surface area (Å²) in [5.41, 5.74) is 0.720. The van der Waals surface area contributed by atoms with E-state index in [4.69, 9.17) is 11.6 Å². The highest BCUT2D eigenvalue weighted by atomic mass is 35.5. The molecular weight excluding hydrogens is 266 g/mol. The van der Waals surface area contributed by atoms with Crippen LogP contribution in [0.1, 0.15) is 12.0 Å². The zero-order valence-electron chi connectivity index (χ0n) is 10.1. The first-order valence-corrected chi connectivity index (χ1v) is 5.83. The lowest BCUT2D eigenvalue weighted by atomic mass is 10.1. The summed E-state index contributed by atoms with van der Waals surface area (Å²) >= 11 is 6.09. The van der Waals surface area contributed by atoms with E-state index in [1.54, 1.807) is 24.4 Å². The molecule has 1 aromatic carbocycles. The fourth-order valence-corrected chi connectivity index (χ4v) is 1.83. The molecule has 2 aromatic rings. The molecule has 0 saturated heterocycles. The molecule has 5 heteroatoms. The van der Waals surface area contributed by atoms with E-state index >= 15 is 0 Å². The van der Waals surface area contributed by atoms with Gasteiger partial charge in [0.25, 0.3) is 0 Å². The van der Waals surface area contributed by atoms with Crippen molar-refractivity contribution >= 4 is 28.5 Å². The third kappa shape index (κ3) is 2.78. The fraction of sp³-hybridized carbons (Fsp3) is 0.143. The molecule has 0 atom stereocenters. The Hall–Kier alpha value is -2.25. The van der Waals surface area contributed by atoms with Gasteiger partial charge < -0.3 is 9.84 Å². The first-order valence-electron chi connectivity index (χ1n) is 5.45. The van der Waals surface area contributed by atoms with Crippen molar-refractivity contribution in [2.24, 2.45) is 0 Å². The summed E-state index contributed by atoms with van der Waals surface area (Å²) < 4.78 is 4.47. The predicted molar refractivity (Wildman–Crippen MR) is 71.9 cm³/mol. The van der Waals surface area contributed by atoms with Crippen molar-refractivity contribution in [1.29, 1.82) is 0 Å². The summed E-state index contributed by atoms with van der Waals surface area (Å²) in [4.78, 5) is 15.0. The molecule has 4 nitrogen and oxygen atoms in total. The molecule has 0 radical (unpaired) electrons. The number of benzene rings is 1. The molecular formula is C14H10ClNO3. The van der Waals surface area contributed by atoms with Crippen LogP contribution in [0.5, 0.6) is 5.75 Å². The zero-order valence-corrected chi connectivity index (χ0v) is 10.9. The minimum Gasteiger partial charge on any atom is -0.504 e. The number of pyridine rings is 1. The number of phenols is 1. The highest BCUT2D eigenvalue weighted by Gasteiger charge is 2.09. The van der Waals surface area contributed by atoms with E-state index in [0.29, 0.717) is 21.5 Å². The molecule has 0 amide bonds. The van der Waals surface area contributed by atoms with Crippen molar-refractivity contribution in [1.82, 2.24) is 4.98 Å². The Labute approximate surface area is 115 Å². The molecule has 0 unspecified atom stereocenters. The van der Waals surface area contributed by atoms with Crippen LogP contribution in [0.15, 0.2) is 24.4 Å². The number of hydrogen-bond acceptors (Lipinski definition) is 4. The SMILES string of the molecule is COC(=O)CC#Cc1cc(Cl)c2cccnc2c1O. The number of aromatic nitrogens is 1. The molecule has 96 valence electrons. The van der Waals surface area contributed by atoms with Crippen molar-refractivity contribution in [2.75, 3.05) is 7.11 Å². The van der Waals surface area contributed by atoms with Gasteiger partial charge in [-0.2, -0.15) is 0 Å². The summed E-state index contributed by atoms with van der Waals surface area (Å²) in [6, 6.07) is 5.04. The van der Waals surface area contributed by atoms with Crippen LogP contribution in [0.3, 0.4) is 0 Å². The molecule has 1 heterocycles. The number of fused-ring (bicyclic) bond motifs is 1. The van der Waals surface area contributed by atoms with Crippen LogP contribution in [0.2, 0.25) is 5.02 Å². The average Bonchev–Trinajstić information content (AvgIpc) is 2.44. The molecule has 0 saturated carbocycles. The summed E-state index contributed by atoms with van der Waals surface area (Å²) in [7, 11) is 1.29. The molecule has 1 N–H and O–H groups in total. The predicted octanol–water partition coefficient (Wildman–Crippen LogP) is 2.51. The van der Waals surface area contributed by atoms with Crippen molar-refractivity contribution in [3.8, 4) is 17.6 Å². The van der Waals surface area contributed by atoms with Gasteiger partial charge in [0, 0.05) is 11.6 Å². The first kappa shape index (κ1) is 13.2. The van der Waals surface area contributed by atoms with Crippen molar-refractivity contribution in [2.45, 2.75) is 6.42 Å². The van der Waals surface area contributed by atoms with Crippen LogP contribution in [-0.4, -0.2) is 23.2 Å². The van der Waals surface area contributed by atoms with E-state index in [0.717, 1.165) is 0 Å². The van der Waals surface area contributed by atoms with Crippen LogP contribution < -0.4 is 0 Å². The van der Waals surface area contributed by atoms with Gasteiger partial charge in [0.05, 0.1) is 17.7 Å². The molecule has 0 bridgehead atoms. The van der Waals surface area contributed by atoms with Crippen molar-refractivity contribution in [3.05, 3.63) is 35.0 Å². The number of ether oxygens (including phenoxy) is 1. The number of rotatable bonds is 1. The van der Waals surface area contributed by atoms with Crippen LogP contribution in [0.25, 0.3) is 10.9 Å². The number of carbonyl (C=O) groups is 1. The topological polar surface area (TPSA) is 59.4 Å². The van der Waals surface area contributed by atoms with E-state index in [9.17, 15) is 9.90 Å². The van der Waals surface area contributed by atoms with Gasteiger partial charge in [0.1, 0.15) is 11.9 Å². The highest BCUT2D eigenvalue weighted by Crippen LogP contribution is 2.32. The summed E-state index contributed by atoms with van der Waals surface area (Å²) in [6.07, 6.45) is 1.51. The monoisotopic (exact) mass is 275 g/mol. The first-order chi connectivity index (χ1) is 9.13. The minimum absolute atomic E-state index is 0.0441. The van der Waals surface area contributed by atoms with E-state index < -0.39 is 5.97 Å². The molecule has 0 spiro atoms. The number of nitrogens with zero attached hydrogens (tertiary/aromatic N) is 1. The summed E-state index contributed by atoms with van der Waals surface area (Å²) in [5, 5.41) is 11.2. The molecule has 0 fully saturated rings. The van der Waals surface area contributed by atoms with Gasteiger partial charge in [0.2, 0.25) is 0 Å². The maximum absolute atomic E-state index is 10.9. The van der Waals surface area contributed by atoms with E-state index in [1.165, 1.54) is 7.11 Å². The smallest absolute Gasteiger partial charge is 0.317 e. The van der Waals surface area contributed by atoms with E-state index in [-0.39, 0.29) is 12.2 Å². The summed E-state index contributed by atoms with van der Waals surface area (Å²) in [6.45, 7) is 0. The van der Waals surface area contributed by atoms with Gasteiger partial charge in [-0.3, -0.25) is 9.78 Å². The van der Waals surface area contributed by atoms with Gasteiger partial charge >= 0.3 is 5.97 Å². The molecule has 0 aliphatic carbocycles. The standard InChI is InChI=1S/C14H10ClNO3/c1-19-12(17)6-2-4-9-8-11(15)10-5-3-7-16-13(10)14(9)18/h3,5,7-8,18H,6H2,1H3. The highest BCUT2D eigenvalue weighted by molar-refractivity contribution is 6.35. The molecule has 19 heavy (non-hydrogen) atoms.